The standard InChI is InChI=1S/C22H21F3N4O.C10H9NO2/c1-12-5-17(14-3-4-19(25)18(9-14)22(30)29-26)21(28-11-12)20(27-2)8-13-6-15(23)10-16(24)7-13;12-4-3-7-6-11-10-2-1-8(13)5-9(7)10/h3-7,9-11,20,27H,8,26H2,1-2H3,(H,29,30);1-2,4-6,11,13H,3H2. The van der Waals surface area contributed by atoms with Crippen molar-refractivity contribution in [3.8, 4) is 16.9 Å². The molecule has 3 aromatic carbocycles. The minimum absolute atomic E-state index is 0.198. The lowest BCUT2D eigenvalue weighted by Crippen LogP contribution is -2.30. The molecule has 5 rings (SSSR count). The van der Waals surface area contributed by atoms with Gasteiger partial charge in [-0.3, -0.25) is 15.2 Å². The number of aromatic hydroxyl groups is 1. The highest BCUT2D eigenvalue weighted by molar-refractivity contribution is 5.95. The van der Waals surface area contributed by atoms with Gasteiger partial charge in [0.1, 0.15) is 29.5 Å². The van der Waals surface area contributed by atoms with E-state index in [9.17, 15) is 27.9 Å². The van der Waals surface area contributed by atoms with Crippen LogP contribution in [0.15, 0.2) is 73.1 Å². The Hall–Kier alpha value is -5.00. The summed E-state index contributed by atoms with van der Waals surface area (Å²) in [6, 6.07) is 14.0. The van der Waals surface area contributed by atoms with Crippen molar-refractivity contribution in [3.05, 3.63) is 118 Å². The first-order chi connectivity index (χ1) is 20.6. The summed E-state index contributed by atoms with van der Waals surface area (Å²) in [5.41, 5.74) is 6.72. The SMILES string of the molecule is CNC(Cc1cc(F)cc(F)c1)c1ncc(C)cc1-c1ccc(F)c(C(=O)NN)c1.O=CCc1c[nH]c2ccc(O)cc12. The predicted molar refractivity (Wildman–Crippen MR) is 158 cm³/mol. The van der Waals surface area contributed by atoms with Gasteiger partial charge in [0.25, 0.3) is 5.91 Å². The van der Waals surface area contributed by atoms with Crippen molar-refractivity contribution in [2.24, 2.45) is 5.84 Å². The number of nitrogens with one attached hydrogen (secondary N) is 3. The summed E-state index contributed by atoms with van der Waals surface area (Å²) in [6.45, 7) is 1.85. The summed E-state index contributed by atoms with van der Waals surface area (Å²) in [4.78, 5) is 29.8. The molecule has 1 amide bonds. The van der Waals surface area contributed by atoms with Crippen LogP contribution >= 0.6 is 0 Å². The van der Waals surface area contributed by atoms with E-state index in [0.29, 0.717) is 28.8 Å². The molecule has 6 N–H and O–H groups in total. The molecule has 11 heteroatoms. The summed E-state index contributed by atoms with van der Waals surface area (Å²) in [7, 11) is 1.71. The minimum atomic E-state index is -0.753. The number of aryl methyl sites for hydroxylation is 1. The number of phenols is 1. The molecular formula is C32H30F3N5O3. The van der Waals surface area contributed by atoms with Crippen LogP contribution in [-0.4, -0.2) is 34.3 Å². The Morgan fingerprint density at radius 1 is 1.07 bits per heavy atom. The van der Waals surface area contributed by atoms with Crippen molar-refractivity contribution >= 4 is 23.1 Å². The second-order valence-electron chi connectivity index (χ2n) is 9.85. The fourth-order valence-corrected chi connectivity index (χ4v) is 4.76. The maximum absolute atomic E-state index is 14.1. The van der Waals surface area contributed by atoms with Crippen molar-refractivity contribution in [1.82, 2.24) is 20.7 Å². The Balaban J connectivity index is 0.000000269. The van der Waals surface area contributed by atoms with Crippen LogP contribution in [0.1, 0.15) is 38.8 Å². The highest BCUT2D eigenvalue weighted by Gasteiger charge is 2.20. The summed E-state index contributed by atoms with van der Waals surface area (Å²) in [6.07, 6.45) is 4.96. The van der Waals surface area contributed by atoms with E-state index in [1.807, 2.05) is 18.4 Å². The summed E-state index contributed by atoms with van der Waals surface area (Å²) >= 11 is 0. The highest BCUT2D eigenvalue weighted by Crippen LogP contribution is 2.31. The van der Waals surface area contributed by atoms with Crippen LogP contribution in [0.3, 0.4) is 0 Å². The van der Waals surface area contributed by atoms with E-state index in [1.54, 1.807) is 37.6 Å². The number of nitrogen functional groups attached to an aromatic ring is 1. The molecule has 2 heterocycles. The van der Waals surface area contributed by atoms with Gasteiger partial charge in [0.2, 0.25) is 0 Å². The van der Waals surface area contributed by atoms with Gasteiger partial charge in [-0.2, -0.15) is 0 Å². The molecule has 5 aromatic rings. The molecule has 0 saturated carbocycles. The number of carbonyl (C=O) groups excluding carboxylic acids is 2. The van der Waals surface area contributed by atoms with Gasteiger partial charge >= 0.3 is 0 Å². The number of likely N-dealkylation sites (N-methyl/N-ethyl adjacent to an activating group) is 1. The van der Waals surface area contributed by atoms with Gasteiger partial charge in [-0.25, -0.2) is 19.0 Å². The van der Waals surface area contributed by atoms with Crippen molar-refractivity contribution in [2.75, 3.05) is 7.05 Å². The topological polar surface area (TPSA) is 133 Å². The Bertz CT molecular complexity index is 1750. The number of hydrogen-bond donors (Lipinski definition) is 5. The number of nitrogens with two attached hydrogens (primary N) is 1. The molecule has 0 saturated heterocycles. The Morgan fingerprint density at radius 2 is 1.81 bits per heavy atom. The quantitative estimate of drug-likeness (QED) is 0.0732. The third kappa shape index (κ3) is 7.45. The monoisotopic (exact) mass is 589 g/mol. The van der Waals surface area contributed by atoms with Gasteiger partial charge < -0.3 is 20.2 Å². The van der Waals surface area contributed by atoms with Crippen LogP contribution in [0, 0.1) is 24.4 Å². The normalized spacial score (nSPS) is 11.5. The number of amides is 1. The number of halogens is 3. The van der Waals surface area contributed by atoms with Gasteiger partial charge in [-0.05, 0) is 91.2 Å². The lowest BCUT2D eigenvalue weighted by Gasteiger charge is -2.20. The number of hydrogen-bond acceptors (Lipinski definition) is 6. The number of pyridine rings is 1. The molecule has 0 spiro atoms. The Kier molecular flexibility index (Phi) is 9.91. The van der Waals surface area contributed by atoms with Gasteiger partial charge in [0.15, 0.2) is 0 Å². The van der Waals surface area contributed by atoms with Crippen molar-refractivity contribution in [2.45, 2.75) is 25.8 Å². The molecule has 0 fully saturated rings. The predicted octanol–water partition coefficient (Wildman–Crippen LogP) is 5.20. The second kappa shape index (κ2) is 13.8. The number of carbonyl (C=O) groups is 2. The molecule has 43 heavy (non-hydrogen) atoms. The maximum atomic E-state index is 14.1. The van der Waals surface area contributed by atoms with E-state index < -0.39 is 29.4 Å². The van der Waals surface area contributed by atoms with E-state index in [2.05, 4.69) is 15.3 Å². The molecule has 1 atom stereocenters. The molecule has 222 valence electrons. The van der Waals surface area contributed by atoms with Gasteiger partial charge in [-0.1, -0.05) is 6.07 Å². The molecule has 2 aromatic heterocycles. The molecule has 0 aliphatic carbocycles. The van der Waals surface area contributed by atoms with Crippen LogP contribution in [0.4, 0.5) is 13.2 Å². The summed E-state index contributed by atoms with van der Waals surface area (Å²) in [5.74, 6) is 2.59. The third-order valence-corrected chi connectivity index (χ3v) is 6.80. The Morgan fingerprint density at radius 3 is 2.49 bits per heavy atom. The number of aromatic nitrogens is 2. The fraction of sp³-hybridized carbons (Fsp3) is 0.156. The van der Waals surface area contributed by atoms with E-state index >= 15 is 0 Å². The number of H-pyrrole nitrogens is 1. The van der Waals surface area contributed by atoms with E-state index in [-0.39, 0.29) is 17.7 Å². The zero-order valence-electron chi connectivity index (χ0n) is 23.4. The van der Waals surface area contributed by atoms with Crippen molar-refractivity contribution < 1.29 is 27.9 Å². The molecular weight excluding hydrogens is 559 g/mol. The molecule has 0 bridgehead atoms. The van der Waals surface area contributed by atoms with Crippen LogP contribution in [-0.2, 0) is 17.6 Å². The zero-order valence-corrected chi connectivity index (χ0v) is 23.4. The maximum Gasteiger partial charge on any atom is 0.268 e. The number of phenolic OH excluding ortho intramolecular Hbond substituents is 1. The van der Waals surface area contributed by atoms with Gasteiger partial charge in [-0.15, -0.1) is 0 Å². The molecule has 0 aliphatic rings. The molecule has 1 unspecified atom stereocenters. The third-order valence-electron chi connectivity index (χ3n) is 6.80. The van der Waals surface area contributed by atoms with Gasteiger partial charge in [0, 0.05) is 41.3 Å². The van der Waals surface area contributed by atoms with Crippen molar-refractivity contribution in [1.29, 1.82) is 0 Å². The number of benzene rings is 3. The smallest absolute Gasteiger partial charge is 0.268 e. The minimum Gasteiger partial charge on any atom is -0.508 e. The highest BCUT2D eigenvalue weighted by atomic mass is 19.1. The fourth-order valence-electron chi connectivity index (χ4n) is 4.76. The number of hydrazine groups is 1. The van der Waals surface area contributed by atoms with Crippen LogP contribution in [0.5, 0.6) is 5.75 Å². The van der Waals surface area contributed by atoms with Gasteiger partial charge in [0.05, 0.1) is 17.3 Å². The average molecular weight is 590 g/mol. The first kappa shape index (κ1) is 30.9. The summed E-state index contributed by atoms with van der Waals surface area (Å²) in [5, 5.41) is 13.3. The zero-order chi connectivity index (χ0) is 31.1. The van der Waals surface area contributed by atoms with E-state index in [1.165, 1.54) is 30.3 Å². The molecule has 8 nitrogen and oxygen atoms in total. The van der Waals surface area contributed by atoms with E-state index in [0.717, 1.165) is 34.4 Å². The molecule has 0 radical (unpaired) electrons. The number of rotatable bonds is 8. The molecule has 0 aliphatic heterocycles. The lowest BCUT2D eigenvalue weighted by molar-refractivity contribution is -0.107. The Labute approximate surface area is 245 Å². The van der Waals surface area contributed by atoms with Crippen LogP contribution < -0.4 is 16.6 Å². The lowest BCUT2D eigenvalue weighted by atomic mass is 9.93. The van der Waals surface area contributed by atoms with E-state index in [4.69, 9.17) is 5.84 Å². The van der Waals surface area contributed by atoms with Crippen molar-refractivity contribution in [3.63, 3.8) is 0 Å². The average Bonchev–Trinajstić information content (AvgIpc) is 3.37. The summed E-state index contributed by atoms with van der Waals surface area (Å²) < 4.78 is 41.3. The largest absolute Gasteiger partial charge is 0.508 e. The van der Waals surface area contributed by atoms with Crippen LogP contribution in [0.2, 0.25) is 0 Å². The first-order valence-electron chi connectivity index (χ1n) is 13.3. The van der Waals surface area contributed by atoms with Crippen LogP contribution in [0.25, 0.3) is 22.0 Å². The number of fused-ring (bicyclic) bond motifs is 1. The number of aromatic amines is 1. The second-order valence-corrected chi connectivity index (χ2v) is 9.85. The number of nitrogens with zero attached hydrogens (tertiary/aromatic N) is 1. The first-order valence-corrected chi connectivity index (χ1v) is 13.3. The number of aldehydes is 1.